The van der Waals surface area contributed by atoms with Crippen molar-refractivity contribution in [3.8, 4) is 0 Å². The van der Waals surface area contributed by atoms with Gasteiger partial charge in [-0.15, -0.1) is 0 Å². The van der Waals surface area contributed by atoms with E-state index >= 15 is 0 Å². The Morgan fingerprint density at radius 3 is 2.39 bits per heavy atom. The summed E-state index contributed by atoms with van der Waals surface area (Å²) < 4.78 is 45.7. The van der Waals surface area contributed by atoms with Crippen molar-refractivity contribution in [3.63, 3.8) is 0 Å². The van der Waals surface area contributed by atoms with Crippen molar-refractivity contribution in [2.45, 2.75) is 25.1 Å². The Hall–Kier alpha value is 0.150. The Bertz CT molecular complexity index is 221. The van der Waals surface area contributed by atoms with Crippen molar-refractivity contribution in [2.75, 3.05) is 44.8 Å². The van der Waals surface area contributed by atoms with Gasteiger partial charge in [0.15, 0.2) is 0 Å². The minimum Gasteiger partial charge on any atom is -0.377 e. The van der Waals surface area contributed by atoms with E-state index in [9.17, 15) is 13.2 Å². The molecule has 1 heterocycles. The Labute approximate surface area is 114 Å². The third-order valence-electron chi connectivity index (χ3n) is 2.78. The number of ether oxygens (including phenoxy) is 2. The van der Waals surface area contributed by atoms with Gasteiger partial charge in [0.1, 0.15) is 6.61 Å². The van der Waals surface area contributed by atoms with Crippen LogP contribution in [0.25, 0.3) is 0 Å². The van der Waals surface area contributed by atoms with Gasteiger partial charge in [-0.25, -0.2) is 0 Å². The highest BCUT2D eigenvalue weighted by atomic mass is 79.9. The molecule has 1 rings (SSSR count). The van der Waals surface area contributed by atoms with Crippen LogP contribution < -0.4 is 0 Å². The summed E-state index contributed by atoms with van der Waals surface area (Å²) in [5.74, 6) is 0. The van der Waals surface area contributed by atoms with E-state index in [0.29, 0.717) is 13.2 Å². The zero-order valence-corrected chi connectivity index (χ0v) is 11.8. The van der Waals surface area contributed by atoms with Gasteiger partial charge in [0.25, 0.3) is 0 Å². The number of hydrogen-bond donors (Lipinski definition) is 0. The molecule has 0 aromatic heterocycles. The molecule has 1 saturated heterocycles. The van der Waals surface area contributed by atoms with E-state index in [2.05, 4.69) is 25.6 Å². The lowest BCUT2D eigenvalue weighted by atomic mass is 10.1. The molecule has 1 aliphatic heterocycles. The molecule has 0 aromatic carbocycles. The molecule has 0 N–H and O–H groups in total. The smallest absolute Gasteiger partial charge is 0.377 e. The quantitative estimate of drug-likeness (QED) is 0.527. The molecule has 0 spiro atoms. The number of hydrogen-bond acceptors (Lipinski definition) is 3. The maximum absolute atomic E-state index is 11.8. The predicted octanol–water partition coefficient (Wildman–Crippen LogP) is 2.44. The minimum absolute atomic E-state index is 0.131. The molecule has 0 amide bonds. The molecule has 18 heavy (non-hydrogen) atoms. The van der Waals surface area contributed by atoms with Crippen LogP contribution in [0.2, 0.25) is 0 Å². The maximum Gasteiger partial charge on any atom is 0.411 e. The molecule has 0 saturated carbocycles. The van der Waals surface area contributed by atoms with Gasteiger partial charge in [-0.05, 0) is 12.8 Å². The van der Waals surface area contributed by atoms with Gasteiger partial charge in [-0.1, -0.05) is 15.9 Å². The average Bonchev–Trinajstić information content (AvgIpc) is 2.32. The van der Waals surface area contributed by atoms with Gasteiger partial charge in [-0.3, -0.25) is 0 Å². The molecule has 0 radical (unpaired) electrons. The lowest BCUT2D eigenvalue weighted by Gasteiger charge is -2.31. The summed E-state index contributed by atoms with van der Waals surface area (Å²) in [6.07, 6.45) is -2.07. The van der Waals surface area contributed by atoms with Crippen LogP contribution >= 0.6 is 15.9 Å². The van der Waals surface area contributed by atoms with Crippen molar-refractivity contribution in [3.05, 3.63) is 0 Å². The van der Waals surface area contributed by atoms with Gasteiger partial charge in [0.05, 0.1) is 19.3 Å². The van der Waals surface area contributed by atoms with Crippen LogP contribution in [0.1, 0.15) is 12.8 Å². The van der Waals surface area contributed by atoms with Gasteiger partial charge in [0.2, 0.25) is 0 Å². The molecule has 0 atom stereocenters. The van der Waals surface area contributed by atoms with Crippen molar-refractivity contribution in [2.24, 2.45) is 0 Å². The second-order valence-corrected chi connectivity index (χ2v) is 5.06. The molecule has 0 aromatic rings. The summed E-state index contributed by atoms with van der Waals surface area (Å²) in [5, 5.41) is 0.832. The van der Waals surface area contributed by atoms with E-state index in [0.717, 1.165) is 31.3 Å². The third-order valence-corrected chi connectivity index (χ3v) is 3.11. The molecule has 108 valence electrons. The van der Waals surface area contributed by atoms with Crippen molar-refractivity contribution >= 4 is 15.9 Å². The number of alkyl halides is 4. The first-order valence-corrected chi connectivity index (χ1v) is 7.18. The van der Waals surface area contributed by atoms with E-state index in [4.69, 9.17) is 4.74 Å². The van der Waals surface area contributed by atoms with Crippen LogP contribution in [0.4, 0.5) is 13.2 Å². The van der Waals surface area contributed by atoms with Crippen LogP contribution in [0.5, 0.6) is 0 Å². The molecular formula is C11H19BrF3NO2. The van der Waals surface area contributed by atoms with E-state index < -0.39 is 12.8 Å². The summed E-state index contributed by atoms with van der Waals surface area (Å²) in [7, 11) is 0. The highest BCUT2D eigenvalue weighted by Gasteiger charge is 2.27. The first-order valence-electron chi connectivity index (χ1n) is 6.05. The summed E-state index contributed by atoms with van der Waals surface area (Å²) in [5.41, 5.74) is 0. The minimum atomic E-state index is -4.23. The van der Waals surface area contributed by atoms with Crippen molar-refractivity contribution in [1.82, 2.24) is 4.90 Å². The Kier molecular flexibility index (Phi) is 7.51. The Morgan fingerprint density at radius 1 is 1.17 bits per heavy atom. The number of rotatable bonds is 7. The van der Waals surface area contributed by atoms with E-state index in [1.165, 1.54) is 0 Å². The Balaban J connectivity index is 2.02. The van der Waals surface area contributed by atoms with Crippen LogP contribution in [-0.4, -0.2) is 62.0 Å². The van der Waals surface area contributed by atoms with Crippen LogP contribution in [0.15, 0.2) is 0 Å². The molecule has 1 fully saturated rings. The average molecular weight is 334 g/mol. The monoisotopic (exact) mass is 333 g/mol. The van der Waals surface area contributed by atoms with Crippen LogP contribution in [0, 0.1) is 0 Å². The van der Waals surface area contributed by atoms with E-state index in [1.807, 2.05) is 0 Å². The fourth-order valence-electron chi connectivity index (χ4n) is 1.89. The highest BCUT2D eigenvalue weighted by molar-refractivity contribution is 9.09. The first-order chi connectivity index (χ1) is 8.51. The second-order valence-electron chi connectivity index (χ2n) is 4.27. The van der Waals surface area contributed by atoms with Gasteiger partial charge < -0.3 is 14.4 Å². The molecule has 1 aliphatic rings. The molecule has 0 aliphatic carbocycles. The maximum atomic E-state index is 11.8. The fourth-order valence-corrected chi connectivity index (χ4v) is 2.08. The second kappa shape index (κ2) is 8.35. The van der Waals surface area contributed by atoms with Crippen LogP contribution in [0.3, 0.4) is 0 Å². The molecule has 0 bridgehead atoms. The summed E-state index contributed by atoms with van der Waals surface area (Å²) in [6.45, 7) is 1.97. The number of nitrogens with zero attached hydrogens (tertiary/aromatic N) is 1. The van der Waals surface area contributed by atoms with Gasteiger partial charge in [-0.2, -0.15) is 13.2 Å². The number of halogens is 4. The molecule has 0 unspecified atom stereocenters. The standard InChI is InChI=1S/C11H19BrF3NO2/c12-3-7-18-10-1-4-16(5-2-10)6-8-17-9-11(13,14)15/h10H,1-9H2. The summed E-state index contributed by atoms with van der Waals surface area (Å²) >= 11 is 3.30. The highest BCUT2D eigenvalue weighted by Crippen LogP contribution is 2.15. The number of likely N-dealkylation sites (tertiary alicyclic amines) is 1. The molecular weight excluding hydrogens is 315 g/mol. The van der Waals surface area contributed by atoms with E-state index in [-0.39, 0.29) is 12.7 Å². The summed E-state index contributed by atoms with van der Waals surface area (Å²) in [4.78, 5) is 2.12. The van der Waals surface area contributed by atoms with E-state index in [1.54, 1.807) is 0 Å². The van der Waals surface area contributed by atoms with Crippen molar-refractivity contribution in [1.29, 1.82) is 0 Å². The lowest BCUT2D eigenvalue weighted by Crippen LogP contribution is -2.39. The molecule has 3 nitrogen and oxygen atoms in total. The topological polar surface area (TPSA) is 21.7 Å². The predicted molar refractivity (Wildman–Crippen MR) is 66.1 cm³/mol. The fraction of sp³-hybridized carbons (Fsp3) is 1.00. The van der Waals surface area contributed by atoms with Crippen LogP contribution in [-0.2, 0) is 9.47 Å². The largest absolute Gasteiger partial charge is 0.411 e. The number of piperidine rings is 1. The van der Waals surface area contributed by atoms with Gasteiger partial charge >= 0.3 is 6.18 Å². The first kappa shape index (κ1) is 16.2. The van der Waals surface area contributed by atoms with Crippen molar-refractivity contribution < 1.29 is 22.6 Å². The molecule has 7 heteroatoms. The zero-order valence-electron chi connectivity index (χ0n) is 10.2. The van der Waals surface area contributed by atoms with Gasteiger partial charge in [0, 0.05) is 25.0 Å². The zero-order chi connectivity index (χ0) is 13.4. The lowest BCUT2D eigenvalue weighted by molar-refractivity contribution is -0.174. The summed E-state index contributed by atoms with van der Waals surface area (Å²) in [6, 6.07) is 0. The third kappa shape index (κ3) is 7.56. The normalized spacial score (nSPS) is 19.3. The SMILES string of the molecule is FC(F)(F)COCCN1CCC(OCCBr)CC1. The Morgan fingerprint density at radius 2 is 1.83 bits per heavy atom.